The minimum absolute atomic E-state index is 0.496. The molecule has 0 unspecified atom stereocenters. The highest BCUT2D eigenvalue weighted by Crippen LogP contribution is 2.39. The van der Waals surface area contributed by atoms with Crippen LogP contribution in [0.1, 0.15) is 36.0 Å². The van der Waals surface area contributed by atoms with Gasteiger partial charge in [0.05, 0.1) is 0 Å². The van der Waals surface area contributed by atoms with Gasteiger partial charge in [0.25, 0.3) is 0 Å². The molecule has 7 nitrogen and oxygen atoms in total. The molecule has 0 aliphatic heterocycles. The van der Waals surface area contributed by atoms with E-state index in [4.69, 9.17) is 5.73 Å². The Balaban J connectivity index is 1.67. The minimum atomic E-state index is 0.496. The van der Waals surface area contributed by atoms with Crippen molar-refractivity contribution in [3.05, 3.63) is 23.5 Å². The summed E-state index contributed by atoms with van der Waals surface area (Å²) in [6.07, 6.45) is 4.79. The van der Waals surface area contributed by atoms with Crippen LogP contribution >= 0.6 is 0 Å². The molecule has 0 bridgehead atoms. The van der Waals surface area contributed by atoms with E-state index in [0.717, 1.165) is 36.0 Å². The zero-order chi connectivity index (χ0) is 14.1. The standard InChI is InChI=1S/C13H19N7/c1-8-11(14)17-13(9-3-4-9)18-12(8)15-6-5-10-16-7-20(2)19-10/h7,9H,3-6H2,1-2H3,(H3,14,15,17,18). The third-order valence-electron chi connectivity index (χ3n) is 3.43. The number of rotatable bonds is 5. The van der Waals surface area contributed by atoms with Gasteiger partial charge >= 0.3 is 0 Å². The maximum atomic E-state index is 5.95. The molecule has 0 atom stereocenters. The quantitative estimate of drug-likeness (QED) is 0.845. The molecule has 20 heavy (non-hydrogen) atoms. The van der Waals surface area contributed by atoms with Gasteiger partial charge in [-0.1, -0.05) is 0 Å². The molecule has 0 radical (unpaired) electrons. The van der Waals surface area contributed by atoms with Crippen LogP contribution in [0, 0.1) is 6.92 Å². The average molecular weight is 273 g/mol. The highest BCUT2D eigenvalue weighted by molar-refractivity contribution is 5.55. The van der Waals surface area contributed by atoms with Gasteiger partial charge in [-0.2, -0.15) is 5.10 Å². The molecule has 0 aromatic carbocycles. The molecule has 2 heterocycles. The zero-order valence-corrected chi connectivity index (χ0v) is 11.8. The van der Waals surface area contributed by atoms with E-state index in [-0.39, 0.29) is 0 Å². The molecular formula is C13H19N7. The Morgan fingerprint density at radius 1 is 1.40 bits per heavy atom. The predicted octanol–water partition coefficient (Wildman–Crippen LogP) is 1.03. The smallest absolute Gasteiger partial charge is 0.152 e. The van der Waals surface area contributed by atoms with Crippen LogP contribution < -0.4 is 11.1 Å². The maximum Gasteiger partial charge on any atom is 0.152 e. The van der Waals surface area contributed by atoms with Crippen molar-refractivity contribution >= 4 is 11.6 Å². The van der Waals surface area contributed by atoms with Crippen LogP contribution in [-0.2, 0) is 13.5 Å². The van der Waals surface area contributed by atoms with Crippen LogP contribution in [0.2, 0.25) is 0 Å². The molecular weight excluding hydrogens is 254 g/mol. The van der Waals surface area contributed by atoms with Crippen molar-refractivity contribution in [1.82, 2.24) is 24.7 Å². The van der Waals surface area contributed by atoms with Crippen molar-refractivity contribution in [2.24, 2.45) is 7.05 Å². The number of aryl methyl sites for hydroxylation is 1. The van der Waals surface area contributed by atoms with Gasteiger partial charge in [-0.15, -0.1) is 0 Å². The lowest BCUT2D eigenvalue weighted by atomic mass is 10.2. The summed E-state index contributed by atoms with van der Waals surface area (Å²) in [6, 6.07) is 0. The normalized spacial score (nSPS) is 14.5. The zero-order valence-electron chi connectivity index (χ0n) is 11.8. The summed E-state index contributed by atoms with van der Waals surface area (Å²) in [7, 11) is 1.86. The Labute approximate surface area is 117 Å². The Morgan fingerprint density at radius 2 is 2.20 bits per heavy atom. The topological polar surface area (TPSA) is 94.5 Å². The van der Waals surface area contributed by atoms with Gasteiger partial charge in [0.15, 0.2) is 5.82 Å². The van der Waals surface area contributed by atoms with E-state index in [1.54, 1.807) is 11.0 Å². The Morgan fingerprint density at radius 3 is 2.85 bits per heavy atom. The van der Waals surface area contributed by atoms with Crippen LogP contribution in [0.25, 0.3) is 0 Å². The number of anilines is 2. The van der Waals surface area contributed by atoms with E-state index in [0.29, 0.717) is 11.7 Å². The van der Waals surface area contributed by atoms with Crippen LogP contribution in [-0.4, -0.2) is 31.3 Å². The molecule has 2 aromatic rings. The van der Waals surface area contributed by atoms with Crippen molar-refractivity contribution in [3.63, 3.8) is 0 Å². The van der Waals surface area contributed by atoms with Gasteiger partial charge in [0.2, 0.25) is 0 Å². The first-order valence-electron chi connectivity index (χ1n) is 6.86. The summed E-state index contributed by atoms with van der Waals surface area (Å²) in [4.78, 5) is 13.1. The monoisotopic (exact) mass is 273 g/mol. The van der Waals surface area contributed by atoms with E-state index < -0.39 is 0 Å². The lowest BCUT2D eigenvalue weighted by Gasteiger charge is -2.11. The van der Waals surface area contributed by atoms with E-state index >= 15 is 0 Å². The first-order valence-corrected chi connectivity index (χ1v) is 6.86. The second-order valence-electron chi connectivity index (χ2n) is 5.23. The molecule has 1 fully saturated rings. The third-order valence-corrected chi connectivity index (χ3v) is 3.43. The maximum absolute atomic E-state index is 5.95. The first-order chi connectivity index (χ1) is 9.63. The lowest BCUT2D eigenvalue weighted by Crippen LogP contribution is -2.12. The Bertz CT molecular complexity index is 615. The third kappa shape index (κ3) is 2.71. The highest BCUT2D eigenvalue weighted by Gasteiger charge is 2.27. The molecule has 1 aliphatic rings. The van der Waals surface area contributed by atoms with Crippen LogP contribution in [0.15, 0.2) is 6.33 Å². The van der Waals surface area contributed by atoms with Crippen molar-refractivity contribution in [2.75, 3.05) is 17.6 Å². The summed E-state index contributed by atoms with van der Waals surface area (Å²) >= 11 is 0. The van der Waals surface area contributed by atoms with E-state index in [9.17, 15) is 0 Å². The van der Waals surface area contributed by atoms with Gasteiger partial charge < -0.3 is 11.1 Å². The van der Waals surface area contributed by atoms with Crippen LogP contribution in [0.4, 0.5) is 11.6 Å². The van der Waals surface area contributed by atoms with Gasteiger partial charge in [0.1, 0.15) is 23.8 Å². The summed E-state index contributed by atoms with van der Waals surface area (Å²) in [5, 5.41) is 7.56. The number of hydrogen-bond donors (Lipinski definition) is 2. The van der Waals surface area contributed by atoms with Gasteiger partial charge in [-0.05, 0) is 19.8 Å². The lowest BCUT2D eigenvalue weighted by molar-refractivity contribution is 0.741. The number of nitrogens with two attached hydrogens (primary N) is 1. The van der Waals surface area contributed by atoms with Crippen molar-refractivity contribution < 1.29 is 0 Å². The fraction of sp³-hybridized carbons (Fsp3) is 0.538. The van der Waals surface area contributed by atoms with E-state index in [2.05, 4.69) is 25.4 Å². The van der Waals surface area contributed by atoms with Gasteiger partial charge in [-0.3, -0.25) is 4.68 Å². The van der Waals surface area contributed by atoms with Crippen molar-refractivity contribution in [1.29, 1.82) is 0 Å². The number of hydrogen-bond acceptors (Lipinski definition) is 6. The number of aromatic nitrogens is 5. The number of nitrogens with one attached hydrogen (secondary N) is 1. The van der Waals surface area contributed by atoms with Crippen molar-refractivity contribution in [2.45, 2.75) is 32.1 Å². The number of nitrogen functional groups attached to an aromatic ring is 1. The summed E-state index contributed by atoms with van der Waals surface area (Å²) < 4.78 is 1.70. The average Bonchev–Trinajstić information content (AvgIpc) is 3.18. The van der Waals surface area contributed by atoms with Crippen molar-refractivity contribution in [3.8, 4) is 0 Å². The SMILES string of the molecule is Cc1c(N)nc(C2CC2)nc1NCCc1ncn(C)n1. The minimum Gasteiger partial charge on any atom is -0.383 e. The Kier molecular flexibility index (Phi) is 3.25. The molecule has 1 aliphatic carbocycles. The molecule has 0 saturated heterocycles. The Hall–Kier alpha value is -2.18. The molecule has 2 aromatic heterocycles. The largest absolute Gasteiger partial charge is 0.383 e. The molecule has 0 spiro atoms. The molecule has 3 rings (SSSR count). The van der Waals surface area contributed by atoms with Crippen LogP contribution in [0.3, 0.4) is 0 Å². The van der Waals surface area contributed by atoms with Gasteiger partial charge in [0, 0.05) is 31.5 Å². The summed E-state index contributed by atoms with van der Waals surface area (Å²) in [5.41, 5.74) is 6.86. The first kappa shape index (κ1) is 12.8. The van der Waals surface area contributed by atoms with E-state index in [1.807, 2.05) is 14.0 Å². The fourth-order valence-corrected chi connectivity index (χ4v) is 2.04. The highest BCUT2D eigenvalue weighted by atomic mass is 15.3. The predicted molar refractivity (Wildman–Crippen MR) is 76.4 cm³/mol. The number of nitrogens with zero attached hydrogens (tertiary/aromatic N) is 5. The second-order valence-corrected chi connectivity index (χ2v) is 5.23. The van der Waals surface area contributed by atoms with Gasteiger partial charge in [-0.25, -0.2) is 15.0 Å². The molecule has 3 N–H and O–H groups in total. The second kappa shape index (κ2) is 5.07. The van der Waals surface area contributed by atoms with Crippen LogP contribution in [0.5, 0.6) is 0 Å². The van der Waals surface area contributed by atoms with E-state index in [1.165, 1.54) is 12.8 Å². The fourth-order valence-electron chi connectivity index (χ4n) is 2.04. The molecule has 0 amide bonds. The summed E-state index contributed by atoms with van der Waals surface area (Å²) in [5.74, 6) is 3.58. The molecule has 1 saturated carbocycles. The summed E-state index contributed by atoms with van der Waals surface area (Å²) in [6.45, 7) is 2.67. The molecule has 106 valence electrons. The molecule has 7 heteroatoms.